The molecule has 0 spiro atoms. The van der Waals surface area contributed by atoms with E-state index in [0.717, 1.165) is 15.3 Å². The summed E-state index contributed by atoms with van der Waals surface area (Å²) in [6.45, 7) is 0. The number of anilines is 1. The molecule has 1 aromatic heterocycles. The summed E-state index contributed by atoms with van der Waals surface area (Å²) in [5.74, 6) is 0. The van der Waals surface area contributed by atoms with Crippen LogP contribution in [0.3, 0.4) is 0 Å². The molecule has 0 atom stereocenters. The average molecular weight is 182 g/mol. The van der Waals surface area contributed by atoms with E-state index >= 15 is 0 Å². The quantitative estimate of drug-likeness (QED) is 0.526. The van der Waals surface area contributed by atoms with Crippen molar-refractivity contribution >= 4 is 11.9 Å². The summed E-state index contributed by atoms with van der Waals surface area (Å²) in [5, 5.41) is 6.98. The van der Waals surface area contributed by atoms with Crippen LogP contribution < -0.4 is 17.0 Å². The Labute approximate surface area is 73.7 Å². The van der Waals surface area contributed by atoms with E-state index in [9.17, 15) is 9.59 Å². The van der Waals surface area contributed by atoms with Crippen LogP contribution in [0.2, 0.25) is 0 Å². The van der Waals surface area contributed by atoms with Crippen LogP contribution in [0.15, 0.2) is 9.59 Å². The SMILES string of the molecule is Cn1c(C=N)c(N)c(=O)n(C)c1=O. The molecule has 0 amide bonds. The van der Waals surface area contributed by atoms with E-state index in [1.165, 1.54) is 14.1 Å². The van der Waals surface area contributed by atoms with Crippen molar-refractivity contribution in [3.05, 3.63) is 26.5 Å². The minimum absolute atomic E-state index is 0.0837. The lowest BCUT2D eigenvalue weighted by Crippen LogP contribution is -2.40. The summed E-state index contributed by atoms with van der Waals surface area (Å²) in [6.07, 6.45) is 0.887. The Morgan fingerprint density at radius 2 is 1.85 bits per heavy atom. The molecule has 0 aliphatic heterocycles. The minimum Gasteiger partial charge on any atom is -0.392 e. The van der Waals surface area contributed by atoms with Crippen LogP contribution in [-0.2, 0) is 14.1 Å². The van der Waals surface area contributed by atoms with Crippen molar-refractivity contribution in [2.24, 2.45) is 14.1 Å². The van der Waals surface area contributed by atoms with Gasteiger partial charge in [-0.25, -0.2) is 4.79 Å². The molecule has 3 N–H and O–H groups in total. The molecule has 0 saturated heterocycles. The van der Waals surface area contributed by atoms with Crippen LogP contribution >= 0.6 is 0 Å². The monoisotopic (exact) mass is 182 g/mol. The molecule has 1 rings (SSSR count). The van der Waals surface area contributed by atoms with E-state index in [4.69, 9.17) is 11.1 Å². The highest BCUT2D eigenvalue weighted by Gasteiger charge is 2.09. The van der Waals surface area contributed by atoms with Gasteiger partial charge in [0.1, 0.15) is 5.69 Å². The van der Waals surface area contributed by atoms with Gasteiger partial charge in [-0.15, -0.1) is 0 Å². The van der Waals surface area contributed by atoms with Gasteiger partial charge in [-0.2, -0.15) is 0 Å². The molecule has 0 aromatic carbocycles. The van der Waals surface area contributed by atoms with E-state index < -0.39 is 11.2 Å². The summed E-state index contributed by atoms with van der Waals surface area (Å²) in [6, 6.07) is 0. The number of nitrogen functional groups attached to an aromatic ring is 1. The van der Waals surface area contributed by atoms with Crippen molar-refractivity contribution in [3.8, 4) is 0 Å². The van der Waals surface area contributed by atoms with Gasteiger partial charge in [0.25, 0.3) is 5.56 Å². The first kappa shape index (κ1) is 9.24. The Morgan fingerprint density at radius 1 is 1.31 bits per heavy atom. The fourth-order valence-corrected chi connectivity index (χ4v) is 1.06. The lowest BCUT2D eigenvalue weighted by atomic mass is 10.3. The summed E-state index contributed by atoms with van der Waals surface area (Å²) in [4.78, 5) is 22.5. The van der Waals surface area contributed by atoms with Gasteiger partial charge in [-0.1, -0.05) is 0 Å². The molecule has 0 unspecified atom stereocenters. The van der Waals surface area contributed by atoms with E-state index in [1.807, 2.05) is 0 Å². The molecule has 70 valence electrons. The number of hydrogen-bond donors (Lipinski definition) is 2. The van der Waals surface area contributed by atoms with Gasteiger partial charge in [0.2, 0.25) is 0 Å². The summed E-state index contributed by atoms with van der Waals surface area (Å²) in [7, 11) is 2.80. The van der Waals surface area contributed by atoms with Crippen LogP contribution in [0.1, 0.15) is 5.69 Å². The van der Waals surface area contributed by atoms with E-state index in [1.54, 1.807) is 0 Å². The smallest absolute Gasteiger partial charge is 0.331 e. The standard InChI is InChI=1S/C7H10N4O2/c1-10-4(3-8)5(9)6(12)11(2)7(10)13/h3,8H,9H2,1-2H3. The van der Waals surface area contributed by atoms with Gasteiger partial charge in [0.15, 0.2) is 0 Å². The maximum Gasteiger partial charge on any atom is 0.331 e. The van der Waals surface area contributed by atoms with Gasteiger partial charge >= 0.3 is 5.69 Å². The number of nitrogens with one attached hydrogen (secondary N) is 1. The van der Waals surface area contributed by atoms with Crippen molar-refractivity contribution in [1.82, 2.24) is 9.13 Å². The highest BCUT2D eigenvalue weighted by Crippen LogP contribution is 1.96. The topological polar surface area (TPSA) is 93.9 Å². The predicted octanol–water partition coefficient (Wildman–Crippen LogP) is -1.34. The number of hydrogen-bond acceptors (Lipinski definition) is 4. The van der Waals surface area contributed by atoms with Crippen LogP contribution in [0.4, 0.5) is 5.69 Å². The van der Waals surface area contributed by atoms with E-state index in [2.05, 4.69) is 0 Å². The lowest BCUT2D eigenvalue weighted by Gasteiger charge is -2.07. The summed E-state index contributed by atoms with van der Waals surface area (Å²) >= 11 is 0. The first-order valence-corrected chi connectivity index (χ1v) is 3.56. The van der Waals surface area contributed by atoms with Crippen LogP contribution in [0, 0.1) is 5.41 Å². The van der Waals surface area contributed by atoms with Gasteiger partial charge < -0.3 is 11.1 Å². The third-order valence-electron chi connectivity index (χ3n) is 1.88. The number of rotatable bonds is 1. The zero-order valence-electron chi connectivity index (χ0n) is 7.37. The first-order valence-electron chi connectivity index (χ1n) is 3.56. The molecule has 6 heteroatoms. The van der Waals surface area contributed by atoms with Crippen LogP contribution in [0.5, 0.6) is 0 Å². The maximum absolute atomic E-state index is 11.3. The largest absolute Gasteiger partial charge is 0.392 e. The molecular formula is C7H10N4O2. The summed E-state index contributed by atoms with van der Waals surface area (Å²) in [5.41, 5.74) is 4.41. The molecule has 0 radical (unpaired) electrons. The molecule has 1 heterocycles. The number of nitrogens with zero attached hydrogens (tertiary/aromatic N) is 2. The maximum atomic E-state index is 11.3. The Hall–Kier alpha value is -1.85. The van der Waals surface area contributed by atoms with Gasteiger partial charge in [0.05, 0.1) is 5.69 Å². The lowest BCUT2D eigenvalue weighted by molar-refractivity contribution is 0.686. The molecule has 0 saturated carbocycles. The highest BCUT2D eigenvalue weighted by atomic mass is 16.2. The van der Waals surface area contributed by atoms with Crippen LogP contribution in [0.25, 0.3) is 0 Å². The van der Waals surface area contributed by atoms with Crippen molar-refractivity contribution in [2.75, 3.05) is 5.73 Å². The Morgan fingerprint density at radius 3 is 2.31 bits per heavy atom. The van der Waals surface area contributed by atoms with Gasteiger partial charge in [-0.3, -0.25) is 13.9 Å². The van der Waals surface area contributed by atoms with Crippen molar-refractivity contribution in [2.45, 2.75) is 0 Å². The van der Waals surface area contributed by atoms with E-state index in [0.29, 0.717) is 0 Å². The molecule has 13 heavy (non-hydrogen) atoms. The molecule has 0 aliphatic rings. The van der Waals surface area contributed by atoms with Crippen molar-refractivity contribution in [3.63, 3.8) is 0 Å². The van der Waals surface area contributed by atoms with Gasteiger partial charge in [0, 0.05) is 20.3 Å². The normalized spacial score (nSPS) is 10.0. The zero-order chi connectivity index (χ0) is 10.2. The summed E-state index contributed by atoms with van der Waals surface area (Å²) < 4.78 is 2.06. The first-order chi connectivity index (χ1) is 6.00. The zero-order valence-corrected chi connectivity index (χ0v) is 7.37. The molecule has 0 bridgehead atoms. The minimum atomic E-state index is -0.568. The Bertz CT molecular complexity index is 431. The Balaban J connectivity index is 3.88. The number of aromatic nitrogens is 2. The average Bonchev–Trinajstić information content (AvgIpc) is 2.13. The molecule has 1 aromatic rings. The third-order valence-corrected chi connectivity index (χ3v) is 1.88. The van der Waals surface area contributed by atoms with Gasteiger partial charge in [-0.05, 0) is 0 Å². The van der Waals surface area contributed by atoms with Crippen molar-refractivity contribution in [1.29, 1.82) is 5.41 Å². The molecule has 0 aliphatic carbocycles. The third kappa shape index (κ3) is 1.16. The highest BCUT2D eigenvalue weighted by molar-refractivity contribution is 5.81. The molecule has 0 fully saturated rings. The number of nitrogens with two attached hydrogens (primary N) is 1. The molecule has 6 nitrogen and oxygen atoms in total. The van der Waals surface area contributed by atoms with E-state index in [-0.39, 0.29) is 11.4 Å². The van der Waals surface area contributed by atoms with Crippen molar-refractivity contribution < 1.29 is 0 Å². The second-order valence-corrected chi connectivity index (χ2v) is 2.65. The second-order valence-electron chi connectivity index (χ2n) is 2.65. The molecular weight excluding hydrogens is 172 g/mol. The second kappa shape index (κ2) is 2.89. The van der Waals surface area contributed by atoms with Crippen LogP contribution in [-0.4, -0.2) is 15.3 Å². The fraction of sp³-hybridized carbons (Fsp3) is 0.286. The fourth-order valence-electron chi connectivity index (χ4n) is 1.06. The predicted molar refractivity (Wildman–Crippen MR) is 49.2 cm³/mol. The Kier molecular flexibility index (Phi) is 2.05.